The van der Waals surface area contributed by atoms with Crippen molar-refractivity contribution in [1.82, 2.24) is 14.9 Å². The summed E-state index contributed by atoms with van der Waals surface area (Å²) in [6, 6.07) is 1.91. The highest BCUT2D eigenvalue weighted by Gasteiger charge is 2.06. The molecule has 0 aliphatic carbocycles. The van der Waals surface area contributed by atoms with Gasteiger partial charge in [-0.3, -0.25) is 0 Å². The number of anilines is 1. The normalized spacial score (nSPS) is 11.0. The largest absolute Gasteiger partial charge is 0.478 e. The number of nitrogens with one attached hydrogen (secondary N) is 1. The highest BCUT2D eigenvalue weighted by atomic mass is 16.5. The SMILES string of the molecule is CCCCOc1cc(NCCN(CC)CC)nc(CCC)n1. The Balaban J connectivity index is 2.62. The molecular formula is C17H32N4O. The van der Waals surface area contributed by atoms with Crippen molar-refractivity contribution in [2.45, 2.75) is 53.4 Å². The first-order chi connectivity index (χ1) is 10.7. The van der Waals surface area contributed by atoms with Crippen molar-refractivity contribution in [3.63, 3.8) is 0 Å². The van der Waals surface area contributed by atoms with Gasteiger partial charge in [0.15, 0.2) is 0 Å². The minimum absolute atomic E-state index is 0.692. The summed E-state index contributed by atoms with van der Waals surface area (Å²) in [5.41, 5.74) is 0. The van der Waals surface area contributed by atoms with Crippen LogP contribution in [0.4, 0.5) is 5.82 Å². The Morgan fingerprint density at radius 2 is 1.86 bits per heavy atom. The van der Waals surface area contributed by atoms with Crippen molar-refractivity contribution in [2.75, 3.05) is 38.1 Å². The van der Waals surface area contributed by atoms with E-state index in [1.807, 2.05) is 6.07 Å². The Kier molecular flexibility index (Phi) is 9.55. The molecule has 126 valence electrons. The number of nitrogens with zero attached hydrogens (tertiary/aromatic N) is 3. The van der Waals surface area contributed by atoms with E-state index in [2.05, 4.69) is 47.9 Å². The van der Waals surface area contributed by atoms with Gasteiger partial charge in [-0.25, -0.2) is 4.98 Å². The zero-order valence-electron chi connectivity index (χ0n) is 14.7. The third-order valence-corrected chi connectivity index (χ3v) is 3.60. The number of likely N-dealkylation sites (N-methyl/N-ethyl adjacent to an activating group) is 1. The van der Waals surface area contributed by atoms with Gasteiger partial charge >= 0.3 is 0 Å². The smallest absolute Gasteiger partial charge is 0.218 e. The molecule has 0 aliphatic heterocycles. The van der Waals surface area contributed by atoms with E-state index in [-0.39, 0.29) is 0 Å². The summed E-state index contributed by atoms with van der Waals surface area (Å²) < 4.78 is 5.74. The van der Waals surface area contributed by atoms with Crippen LogP contribution in [0.1, 0.15) is 52.8 Å². The van der Waals surface area contributed by atoms with Crippen molar-refractivity contribution in [2.24, 2.45) is 0 Å². The lowest BCUT2D eigenvalue weighted by molar-refractivity contribution is 0.296. The molecule has 1 rings (SSSR count). The maximum absolute atomic E-state index is 5.74. The summed E-state index contributed by atoms with van der Waals surface area (Å²) in [7, 11) is 0. The fourth-order valence-electron chi connectivity index (χ4n) is 2.18. The first kappa shape index (κ1) is 18.7. The Labute approximate surface area is 135 Å². The van der Waals surface area contributed by atoms with Gasteiger partial charge in [0.2, 0.25) is 5.88 Å². The lowest BCUT2D eigenvalue weighted by Gasteiger charge is -2.18. The molecule has 1 aromatic rings. The van der Waals surface area contributed by atoms with E-state index in [1.54, 1.807) is 0 Å². The maximum Gasteiger partial charge on any atom is 0.218 e. The molecule has 0 spiro atoms. The topological polar surface area (TPSA) is 50.3 Å². The molecule has 0 bridgehead atoms. The molecule has 0 aliphatic rings. The number of hydrogen-bond donors (Lipinski definition) is 1. The molecule has 1 heterocycles. The van der Waals surface area contributed by atoms with Crippen molar-refractivity contribution in [3.05, 3.63) is 11.9 Å². The molecule has 1 aromatic heterocycles. The van der Waals surface area contributed by atoms with Gasteiger partial charge in [-0.2, -0.15) is 4.98 Å². The summed E-state index contributed by atoms with van der Waals surface area (Å²) in [5.74, 6) is 2.43. The van der Waals surface area contributed by atoms with Gasteiger partial charge in [0.05, 0.1) is 6.61 Å². The van der Waals surface area contributed by atoms with Crippen LogP contribution < -0.4 is 10.1 Å². The van der Waals surface area contributed by atoms with Crippen LogP contribution in [0.3, 0.4) is 0 Å². The summed E-state index contributed by atoms with van der Waals surface area (Å²) >= 11 is 0. The van der Waals surface area contributed by atoms with Crippen LogP contribution in [0.2, 0.25) is 0 Å². The highest BCUT2D eigenvalue weighted by Crippen LogP contribution is 2.15. The molecule has 5 nitrogen and oxygen atoms in total. The maximum atomic E-state index is 5.74. The molecule has 0 fully saturated rings. The van der Waals surface area contributed by atoms with Gasteiger partial charge in [-0.1, -0.05) is 34.1 Å². The van der Waals surface area contributed by atoms with Crippen LogP contribution >= 0.6 is 0 Å². The number of aromatic nitrogens is 2. The van der Waals surface area contributed by atoms with Crippen LogP contribution in [0.15, 0.2) is 6.07 Å². The Hall–Kier alpha value is -1.36. The fourth-order valence-corrected chi connectivity index (χ4v) is 2.18. The number of aryl methyl sites for hydroxylation is 1. The number of hydrogen-bond acceptors (Lipinski definition) is 5. The Morgan fingerprint density at radius 3 is 2.50 bits per heavy atom. The predicted octanol–water partition coefficient (Wildman–Crippen LogP) is 3.36. The van der Waals surface area contributed by atoms with E-state index in [0.29, 0.717) is 5.88 Å². The Bertz CT molecular complexity index is 408. The van der Waals surface area contributed by atoms with Crippen LogP contribution in [0.5, 0.6) is 5.88 Å². The molecular weight excluding hydrogens is 276 g/mol. The molecule has 5 heteroatoms. The lowest BCUT2D eigenvalue weighted by atomic mass is 10.3. The third-order valence-electron chi connectivity index (χ3n) is 3.60. The van der Waals surface area contributed by atoms with E-state index in [4.69, 9.17) is 4.74 Å². The van der Waals surface area contributed by atoms with Crippen molar-refractivity contribution < 1.29 is 4.74 Å². The second kappa shape index (κ2) is 11.2. The van der Waals surface area contributed by atoms with E-state index in [0.717, 1.165) is 70.1 Å². The molecule has 0 radical (unpaired) electrons. The second-order valence-electron chi connectivity index (χ2n) is 5.41. The lowest BCUT2D eigenvalue weighted by Crippen LogP contribution is -2.28. The zero-order valence-corrected chi connectivity index (χ0v) is 14.7. The number of rotatable bonds is 12. The minimum atomic E-state index is 0.692. The summed E-state index contributed by atoms with van der Waals surface area (Å²) in [6.45, 7) is 13.5. The van der Waals surface area contributed by atoms with E-state index in [1.165, 1.54) is 0 Å². The average Bonchev–Trinajstić information content (AvgIpc) is 2.52. The first-order valence-corrected chi connectivity index (χ1v) is 8.70. The van der Waals surface area contributed by atoms with Gasteiger partial charge in [0.25, 0.3) is 0 Å². The number of unbranched alkanes of at least 4 members (excludes halogenated alkanes) is 1. The monoisotopic (exact) mass is 308 g/mol. The minimum Gasteiger partial charge on any atom is -0.478 e. The molecule has 0 atom stereocenters. The van der Waals surface area contributed by atoms with E-state index >= 15 is 0 Å². The Morgan fingerprint density at radius 1 is 1.09 bits per heavy atom. The van der Waals surface area contributed by atoms with Gasteiger partial charge in [0, 0.05) is 25.6 Å². The zero-order chi connectivity index (χ0) is 16.2. The highest BCUT2D eigenvalue weighted by molar-refractivity contribution is 5.38. The van der Waals surface area contributed by atoms with Crippen molar-refractivity contribution in [1.29, 1.82) is 0 Å². The van der Waals surface area contributed by atoms with Crippen molar-refractivity contribution in [3.8, 4) is 5.88 Å². The molecule has 0 saturated heterocycles. The molecule has 0 saturated carbocycles. The standard InChI is InChI=1S/C17H32N4O/c1-5-9-13-22-17-14-16(19-15(20-17)10-6-2)18-11-12-21(7-3)8-4/h14H,5-13H2,1-4H3,(H,18,19,20). The number of ether oxygens (including phenoxy) is 1. The summed E-state index contributed by atoms with van der Waals surface area (Å²) in [5, 5.41) is 3.40. The summed E-state index contributed by atoms with van der Waals surface area (Å²) in [4.78, 5) is 11.5. The van der Waals surface area contributed by atoms with Crippen molar-refractivity contribution >= 4 is 5.82 Å². The molecule has 0 amide bonds. The van der Waals surface area contributed by atoms with E-state index in [9.17, 15) is 0 Å². The van der Waals surface area contributed by atoms with Crippen LogP contribution in [-0.2, 0) is 6.42 Å². The quantitative estimate of drug-likeness (QED) is 0.600. The molecule has 0 aromatic carbocycles. The molecule has 22 heavy (non-hydrogen) atoms. The molecule has 0 unspecified atom stereocenters. The predicted molar refractivity (Wildman–Crippen MR) is 92.7 cm³/mol. The van der Waals surface area contributed by atoms with E-state index < -0.39 is 0 Å². The van der Waals surface area contributed by atoms with Crippen LogP contribution in [0.25, 0.3) is 0 Å². The molecule has 1 N–H and O–H groups in total. The van der Waals surface area contributed by atoms with Gasteiger partial charge in [0.1, 0.15) is 11.6 Å². The van der Waals surface area contributed by atoms with Gasteiger partial charge in [-0.15, -0.1) is 0 Å². The van der Waals surface area contributed by atoms with Crippen LogP contribution in [0, 0.1) is 0 Å². The first-order valence-electron chi connectivity index (χ1n) is 8.70. The van der Waals surface area contributed by atoms with Gasteiger partial charge in [-0.05, 0) is 25.9 Å². The average molecular weight is 308 g/mol. The second-order valence-corrected chi connectivity index (χ2v) is 5.41. The summed E-state index contributed by atoms with van der Waals surface area (Å²) in [6.07, 6.45) is 4.10. The van der Waals surface area contributed by atoms with Gasteiger partial charge < -0.3 is 15.0 Å². The fraction of sp³-hybridized carbons (Fsp3) is 0.765. The van der Waals surface area contributed by atoms with Crippen LogP contribution in [-0.4, -0.2) is 47.7 Å². The third kappa shape index (κ3) is 7.07.